The number of anilines is 1. The molecule has 4 rings (SSSR count). The average molecular weight is 395 g/mol. The molecule has 0 atom stereocenters. The Labute approximate surface area is 168 Å². The fourth-order valence-corrected chi connectivity index (χ4v) is 4.11. The zero-order valence-corrected chi connectivity index (χ0v) is 16.5. The number of para-hydroxylation sites is 1. The number of aryl methyl sites for hydroxylation is 1. The molecule has 1 aromatic carbocycles. The Morgan fingerprint density at radius 1 is 1.00 bits per heavy atom. The summed E-state index contributed by atoms with van der Waals surface area (Å²) >= 11 is 1.48. The highest BCUT2D eigenvalue weighted by Gasteiger charge is 2.23. The number of carbonyl (C=O) groups excluding carboxylic acids is 1. The highest BCUT2D eigenvalue weighted by atomic mass is 32.2. The van der Waals surface area contributed by atoms with Crippen LogP contribution < -0.4 is 4.90 Å². The molecule has 1 fully saturated rings. The van der Waals surface area contributed by atoms with Gasteiger partial charge in [0.05, 0.1) is 11.4 Å². The quantitative estimate of drug-likeness (QED) is 0.619. The zero-order chi connectivity index (χ0) is 19.3. The van der Waals surface area contributed by atoms with E-state index in [9.17, 15) is 4.79 Å². The van der Waals surface area contributed by atoms with E-state index in [0.717, 1.165) is 29.9 Å². The molecule has 28 heavy (non-hydrogen) atoms. The number of carbonyl (C=O) groups is 1. The first-order valence-corrected chi connectivity index (χ1v) is 10.2. The van der Waals surface area contributed by atoms with Crippen LogP contribution in [0.1, 0.15) is 5.56 Å². The van der Waals surface area contributed by atoms with Crippen molar-refractivity contribution < 1.29 is 4.79 Å². The summed E-state index contributed by atoms with van der Waals surface area (Å²) in [6.07, 6.45) is 7.20. The third-order valence-corrected chi connectivity index (χ3v) is 5.73. The third kappa shape index (κ3) is 4.01. The summed E-state index contributed by atoms with van der Waals surface area (Å²) in [6, 6.07) is 9.98. The lowest BCUT2D eigenvalue weighted by Gasteiger charge is -2.34. The van der Waals surface area contributed by atoms with Gasteiger partial charge in [0.2, 0.25) is 11.9 Å². The molecule has 0 radical (unpaired) electrons. The van der Waals surface area contributed by atoms with Gasteiger partial charge in [0.25, 0.3) is 0 Å². The minimum atomic E-state index is 0.137. The largest absolute Gasteiger partial charge is 0.338 e. The van der Waals surface area contributed by atoms with E-state index in [-0.39, 0.29) is 5.91 Å². The molecule has 0 unspecified atom stereocenters. The molecule has 2 aromatic heterocycles. The number of amides is 1. The van der Waals surface area contributed by atoms with E-state index in [2.05, 4.69) is 38.9 Å². The Bertz CT molecular complexity index is 937. The van der Waals surface area contributed by atoms with Crippen molar-refractivity contribution in [2.75, 3.05) is 36.8 Å². The number of aromatic nitrogens is 4. The maximum absolute atomic E-state index is 12.7. The van der Waals surface area contributed by atoms with Gasteiger partial charge >= 0.3 is 0 Å². The second kappa shape index (κ2) is 8.43. The Kier molecular flexibility index (Phi) is 5.57. The number of rotatable bonds is 5. The molecule has 0 bridgehead atoms. The number of hydrogen-bond acceptors (Lipinski definition) is 6. The number of piperazine rings is 1. The first-order valence-electron chi connectivity index (χ1n) is 9.24. The fourth-order valence-electron chi connectivity index (χ4n) is 3.24. The SMILES string of the molecule is Cc1ccccc1-n1ccnc1SCC(=O)N1CCN(c2ncccn2)CC1. The van der Waals surface area contributed by atoms with E-state index >= 15 is 0 Å². The monoisotopic (exact) mass is 394 g/mol. The van der Waals surface area contributed by atoms with Crippen molar-refractivity contribution in [2.24, 2.45) is 0 Å². The summed E-state index contributed by atoms with van der Waals surface area (Å²) in [5, 5.41) is 0.832. The fraction of sp³-hybridized carbons (Fsp3) is 0.300. The van der Waals surface area contributed by atoms with E-state index in [4.69, 9.17) is 0 Å². The number of hydrogen-bond donors (Lipinski definition) is 0. The predicted molar refractivity (Wildman–Crippen MR) is 110 cm³/mol. The average Bonchev–Trinajstić information content (AvgIpc) is 3.21. The summed E-state index contributed by atoms with van der Waals surface area (Å²) in [5.41, 5.74) is 2.26. The number of nitrogens with zero attached hydrogens (tertiary/aromatic N) is 6. The first-order chi connectivity index (χ1) is 13.7. The minimum absolute atomic E-state index is 0.137. The molecule has 0 N–H and O–H groups in total. The second-order valence-electron chi connectivity index (χ2n) is 6.57. The summed E-state index contributed by atoms with van der Waals surface area (Å²) in [4.78, 5) is 29.7. The normalized spacial score (nSPS) is 14.3. The lowest BCUT2D eigenvalue weighted by molar-refractivity contribution is -0.128. The van der Waals surface area contributed by atoms with Crippen LogP contribution >= 0.6 is 11.8 Å². The highest BCUT2D eigenvalue weighted by Crippen LogP contribution is 2.23. The molecule has 8 heteroatoms. The predicted octanol–water partition coefficient (Wildman–Crippen LogP) is 2.41. The lowest BCUT2D eigenvalue weighted by atomic mass is 10.2. The van der Waals surface area contributed by atoms with E-state index in [1.54, 1.807) is 24.7 Å². The van der Waals surface area contributed by atoms with E-state index < -0.39 is 0 Å². The van der Waals surface area contributed by atoms with Crippen LogP contribution in [0.4, 0.5) is 5.95 Å². The van der Waals surface area contributed by atoms with Crippen LogP contribution in [-0.2, 0) is 4.79 Å². The summed E-state index contributed by atoms with van der Waals surface area (Å²) in [5.74, 6) is 1.24. The summed E-state index contributed by atoms with van der Waals surface area (Å²) in [6.45, 7) is 4.94. The van der Waals surface area contributed by atoms with Gasteiger partial charge in [-0.15, -0.1) is 0 Å². The zero-order valence-electron chi connectivity index (χ0n) is 15.7. The topological polar surface area (TPSA) is 67.2 Å². The van der Waals surface area contributed by atoms with Crippen LogP contribution in [0.5, 0.6) is 0 Å². The van der Waals surface area contributed by atoms with Gasteiger partial charge in [-0.25, -0.2) is 15.0 Å². The summed E-state index contributed by atoms with van der Waals surface area (Å²) < 4.78 is 2.04. The van der Waals surface area contributed by atoms with Crippen molar-refractivity contribution in [3.05, 3.63) is 60.7 Å². The van der Waals surface area contributed by atoms with Crippen LogP contribution in [0.2, 0.25) is 0 Å². The molecule has 1 aliphatic rings. The molecule has 0 saturated carbocycles. The molecular weight excluding hydrogens is 372 g/mol. The molecule has 1 aliphatic heterocycles. The molecule has 1 amide bonds. The van der Waals surface area contributed by atoms with Gasteiger partial charge < -0.3 is 9.80 Å². The molecule has 3 heterocycles. The molecule has 0 aliphatic carbocycles. The Hall–Kier alpha value is -2.87. The van der Waals surface area contributed by atoms with Crippen molar-refractivity contribution in [3.8, 4) is 5.69 Å². The molecule has 3 aromatic rings. The van der Waals surface area contributed by atoms with Gasteiger partial charge in [0, 0.05) is 51.0 Å². The smallest absolute Gasteiger partial charge is 0.233 e. The molecular formula is C20H22N6OS. The van der Waals surface area contributed by atoms with Crippen molar-refractivity contribution in [2.45, 2.75) is 12.1 Å². The van der Waals surface area contributed by atoms with Crippen LogP contribution in [0, 0.1) is 6.92 Å². The van der Waals surface area contributed by atoms with Gasteiger partial charge in [-0.05, 0) is 24.6 Å². The highest BCUT2D eigenvalue weighted by molar-refractivity contribution is 7.99. The second-order valence-corrected chi connectivity index (χ2v) is 7.51. The van der Waals surface area contributed by atoms with E-state index in [0.29, 0.717) is 18.8 Å². The van der Waals surface area contributed by atoms with Crippen LogP contribution in [-0.4, -0.2) is 62.3 Å². The van der Waals surface area contributed by atoms with Crippen LogP contribution in [0.25, 0.3) is 5.69 Å². The minimum Gasteiger partial charge on any atom is -0.338 e. The number of thioether (sulfide) groups is 1. The maximum Gasteiger partial charge on any atom is 0.233 e. The molecule has 1 saturated heterocycles. The lowest BCUT2D eigenvalue weighted by Crippen LogP contribution is -2.49. The maximum atomic E-state index is 12.7. The third-order valence-electron chi connectivity index (χ3n) is 4.77. The van der Waals surface area contributed by atoms with Crippen molar-refractivity contribution in [3.63, 3.8) is 0 Å². The molecule has 7 nitrogen and oxygen atoms in total. The van der Waals surface area contributed by atoms with Crippen LogP contribution in [0.3, 0.4) is 0 Å². The number of benzene rings is 1. The standard InChI is InChI=1S/C20H22N6OS/c1-16-5-2-3-6-17(16)26-10-9-23-20(26)28-15-18(27)24-11-13-25(14-12-24)19-21-7-4-8-22-19/h2-10H,11-15H2,1H3. The summed E-state index contributed by atoms with van der Waals surface area (Å²) in [7, 11) is 0. The van der Waals surface area contributed by atoms with Crippen molar-refractivity contribution in [1.29, 1.82) is 0 Å². The van der Waals surface area contributed by atoms with Gasteiger partial charge in [0.1, 0.15) is 0 Å². The van der Waals surface area contributed by atoms with E-state index in [1.165, 1.54) is 17.3 Å². The van der Waals surface area contributed by atoms with Gasteiger partial charge in [-0.2, -0.15) is 0 Å². The van der Waals surface area contributed by atoms with Gasteiger partial charge in [0.15, 0.2) is 5.16 Å². The number of imidazole rings is 1. The first kappa shape index (κ1) is 18.5. The Morgan fingerprint density at radius 3 is 2.50 bits per heavy atom. The van der Waals surface area contributed by atoms with Crippen LogP contribution in [0.15, 0.2) is 60.3 Å². The van der Waals surface area contributed by atoms with Gasteiger partial charge in [-0.3, -0.25) is 9.36 Å². The van der Waals surface area contributed by atoms with Crippen molar-refractivity contribution >= 4 is 23.6 Å². The van der Waals surface area contributed by atoms with Crippen molar-refractivity contribution in [1.82, 2.24) is 24.4 Å². The Morgan fingerprint density at radius 2 is 1.75 bits per heavy atom. The van der Waals surface area contributed by atoms with Gasteiger partial charge in [-0.1, -0.05) is 30.0 Å². The Balaban J connectivity index is 1.34. The molecule has 144 valence electrons. The van der Waals surface area contributed by atoms with E-state index in [1.807, 2.05) is 27.8 Å². The molecule has 0 spiro atoms.